The summed E-state index contributed by atoms with van der Waals surface area (Å²) in [5.41, 5.74) is 7.41. The molecule has 1 saturated heterocycles. The first kappa shape index (κ1) is 15.0. The van der Waals surface area contributed by atoms with Crippen LogP contribution in [0.5, 0.6) is 0 Å². The Labute approximate surface area is 125 Å². The van der Waals surface area contributed by atoms with Gasteiger partial charge in [-0.05, 0) is 49.4 Å². The third kappa shape index (κ3) is 3.59. The van der Waals surface area contributed by atoms with Crippen molar-refractivity contribution in [2.75, 3.05) is 13.1 Å². The zero-order chi connectivity index (χ0) is 13.8. The lowest BCUT2D eigenvalue weighted by atomic mass is 9.89. The first-order valence-corrected chi connectivity index (χ1v) is 8.16. The molecule has 3 atom stereocenters. The van der Waals surface area contributed by atoms with Gasteiger partial charge in [-0.25, -0.2) is 0 Å². The van der Waals surface area contributed by atoms with Crippen LogP contribution in [0.25, 0.3) is 0 Å². The van der Waals surface area contributed by atoms with Crippen LogP contribution < -0.4 is 5.73 Å². The summed E-state index contributed by atoms with van der Waals surface area (Å²) in [5.74, 6) is 0.810. The van der Waals surface area contributed by atoms with E-state index in [-0.39, 0.29) is 0 Å². The van der Waals surface area contributed by atoms with E-state index in [1.165, 1.54) is 24.9 Å². The molecular formula is C16H25BrN2. The SMILES string of the molecule is CCC(c1cccc(Br)c1)N1CCC(C)CC1CN. The topological polar surface area (TPSA) is 29.3 Å². The molecule has 3 unspecified atom stereocenters. The van der Waals surface area contributed by atoms with Crippen molar-refractivity contribution < 1.29 is 0 Å². The summed E-state index contributed by atoms with van der Waals surface area (Å²) in [5, 5.41) is 0. The Hall–Kier alpha value is -0.380. The normalized spacial score (nSPS) is 26.3. The van der Waals surface area contributed by atoms with Crippen molar-refractivity contribution in [2.45, 2.75) is 45.2 Å². The highest BCUT2D eigenvalue weighted by atomic mass is 79.9. The van der Waals surface area contributed by atoms with Crippen molar-refractivity contribution in [2.24, 2.45) is 11.7 Å². The molecule has 0 saturated carbocycles. The van der Waals surface area contributed by atoms with E-state index < -0.39 is 0 Å². The zero-order valence-corrected chi connectivity index (χ0v) is 13.6. The van der Waals surface area contributed by atoms with Crippen molar-refractivity contribution in [1.29, 1.82) is 0 Å². The number of nitrogens with zero attached hydrogens (tertiary/aromatic N) is 1. The van der Waals surface area contributed by atoms with Crippen LogP contribution in [0.1, 0.15) is 44.7 Å². The van der Waals surface area contributed by atoms with E-state index in [4.69, 9.17) is 5.73 Å². The smallest absolute Gasteiger partial charge is 0.0349 e. The van der Waals surface area contributed by atoms with Gasteiger partial charge in [0.25, 0.3) is 0 Å². The number of nitrogens with two attached hydrogens (primary N) is 1. The lowest BCUT2D eigenvalue weighted by Gasteiger charge is -2.43. The fourth-order valence-corrected chi connectivity index (χ4v) is 3.70. The highest BCUT2D eigenvalue weighted by Gasteiger charge is 2.30. The molecule has 1 aliphatic heterocycles. The first-order chi connectivity index (χ1) is 9.15. The van der Waals surface area contributed by atoms with Crippen LogP contribution in [0.4, 0.5) is 0 Å². The predicted molar refractivity (Wildman–Crippen MR) is 85.1 cm³/mol. The molecule has 0 amide bonds. The van der Waals surface area contributed by atoms with Gasteiger partial charge >= 0.3 is 0 Å². The van der Waals surface area contributed by atoms with Gasteiger partial charge in [0.2, 0.25) is 0 Å². The second-order valence-corrected chi connectivity index (χ2v) is 6.65. The minimum atomic E-state index is 0.499. The quantitative estimate of drug-likeness (QED) is 0.908. The number of likely N-dealkylation sites (tertiary alicyclic amines) is 1. The fourth-order valence-electron chi connectivity index (χ4n) is 3.29. The highest BCUT2D eigenvalue weighted by molar-refractivity contribution is 9.10. The molecule has 0 aliphatic carbocycles. The number of halogens is 1. The largest absolute Gasteiger partial charge is 0.329 e. The Balaban J connectivity index is 2.20. The average Bonchev–Trinajstić information content (AvgIpc) is 2.41. The number of rotatable bonds is 4. The van der Waals surface area contributed by atoms with Crippen molar-refractivity contribution in [1.82, 2.24) is 4.90 Å². The third-order valence-electron chi connectivity index (χ3n) is 4.32. The molecule has 1 fully saturated rings. The Morgan fingerprint density at radius 1 is 1.47 bits per heavy atom. The van der Waals surface area contributed by atoms with E-state index in [1.807, 2.05) is 0 Å². The molecule has 2 N–H and O–H groups in total. The second kappa shape index (κ2) is 6.87. The molecule has 2 rings (SSSR count). The summed E-state index contributed by atoms with van der Waals surface area (Å²) in [7, 11) is 0. The van der Waals surface area contributed by atoms with Crippen LogP contribution in [0.2, 0.25) is 0 Å². The summed E-state index contributed by atoms with van der Waals surface area (Å²) in [6, 6.07) is 9.75. The third-order valence-corrected chi connectivity index (χ3v) is 4.81. The van der Waals surface area contributed by atoms with Crippen LogP contribution in [0.3, 0.4) is 0 Å². The molecule has 1 heterocycles. The maximum atomic E-state index is 6.01. The molecule has 1 aromatic rings. The molecule has 0 bridgehead atoms. The van der Waals surface area contributed by atoms with Gasteiger partial charge in [-0.15, -0.1) is 0 Å². The maximum absolute atomic E-state index is 6.01. The van der Waals surface area contributed by atoms with E-state index >= 15 is 0 Å². The van der Waals surface area contributed by atoms with Crippen LogP contribution in [-0.4, -0.2) is 24.0 Å². The Kier molecular flexibility index (Phi) is 5.43. The van der Waals surface area contributed by atoms with Crippen LogP contribution in [0, 0.1) is 5.92 Å². The van der Waals surface area contributed by atoms with Crippen molar-refractivity contribution in [3.05, 3.63) is 34.3 Å². The average molecular weight is 325 g/mol. The predicted octanol–water partition coefficient (Wildman–Crippen LogP) is 3.96. The summed E-state index contributed by atoms with van der Waals surface area (Å²) < 4.78 is 1.16. The van der Waals surface area contributed by atoms with Gasteiger partial charge in [0.15, 0.2) is 0 Å². The number of hydrogen-bond acceptors (Lipinski definition) is 2. The van der Waals surface area contributed by atoms with Crippen LogP contribution in [0.15, 0.2) is 28.7 Å². The van der Waals surface area contributed by atoms with E-state index in [1.54, 1.807) is 0 Å². The molecular weight excluding hydrogens is 300 g/mol. The standard InChI is InChI=1S/C16H25BrN2/c1-3-16(13-5-4-6-14(17)10-13)19-8-7-12(2)9-15(19)11-18/h4-6,10,12,15-16H,3,7-9,11,18H2,1-2H3. The molecule has 1 aromatic carbocycles. The first-order valence-electron chi connectivity index (χ1n) is 7.37. The van der Waals surface area contributed by atoms with Crippen molar-refractivity contribution >= 4 is 15.9 Å². The summed E-state index contributed by atoms with van der Waals surface area (Å²) in [6.07, 6.45) is 3.67. The molecule has 0 spiro atoms. The van der Waals surface area contributed by atoms with E-state index in [0.717, 1.165) is 23.4 Å². The van der Waals surface area contributed by atoms with Gasteiger partial charge in [-0.2, -0.15) is 0 Å². The molecule has 2 nitrogen and oxygen atoms in total. The zero-order valence-electron chi connectivity index (χ0n) is 12.0. The molecule has 106 valence electrons. The minimum absolute atomic E-state index is 0.499. The Morgan fingerprint density at radius 3 is 2.89 bits per heavy atom. The summed E-state index contributed by atoms with van der Waals surface area (Å²) in [6.45, 7) is 6.57. The van der Waals surface area contributed by atoms with Crippen molar-refractivity contribution in [3.8, 4) is 0 Å². The maximum Gasteiger partial charge on any atom is 0.0349 e. The number of piperidine rings is 1. The number of hydrogen-bond donors (Lipinski definition) is 1. The molecule has 3 heteroatoms. The van der Waals surface area contributed by atoms with E-state index in [9.17, 15) is 0 Å². The fraction of sp³-hybridized carbons (Fsp3) is 0.625. The lowest BCUT2D eigenvalue weighted by molar-refractivity contribution is 0.0733. The Bertz CT molecular complexity index is 407. The van der Waals surface area contributed by atoms with Gasteiger partial charge in [0.1, 0.15) is 0 Å². The van der Waals surface area contributed by atoms with Crippen LogP contribution in [-0.2, 0) is 0 Å². The van der Waals surface area contributed by atoms with Gasteiger partial charge in [0, 0.05) is 23.1 Å². The molecule has 0 radical (unpaired) electrons. The Morgan fingerprint density at radius 2 is 2.26 bits per heavy atom. The van der Waals surface area contributed by atoms with Gasteiger partial charge < -0.3 is 5.73 Å². The summed E-state index contributed by atoms with van der Waals surface area (Å²) in [4.78, 5) is 2.63. The summed E-state index contributed by atoms with van der Waals surface area (Å²) >= 11 is 3.58. The van der Waals surface area contributed by atoms with Gasteiger partial charge in [0.05, 0.1) is 0 Å². The second-order valence-electron chi connectivity index (χ2n) is 5.74. The molecule has 1 aliphatic rings. The van der Waals surface area contributed by atoms with E-state index in [2.05, 4.69) is 58.9 Å². The van der Waals surface area contributed by atoms with E-state index in [0.29, 0.717) is 12.1 Å². The van der Waals surface area contributed by atoms with Crippen LogP contribution >= 0.6 is 15.9 Å². The molecule has 0 aromatic heterocycles. The molecule has 19 heavy (non-hydrogen) atoms. The van der Waals surface area contributed by atoms with Gasteiger partial charge in [-0.3, -0.25) is 4.90 Å². The monoisotopic (exact) mass is 324 g/mol. The lowest BCUT2D eigenvalue weighted by Crippen LogP contribution is -2.47. The highest BCUT2D eigenvalue weighted by Crippen LogP contribution is 2.33. The minimum Gasteiger partial charge on any atom is -0.329 e. The van der Waals surface area contributed by atoms with Crippen molar-refractivity contribution in [3.63, 3.8) is 0 Å². The number of benzene rings is 1. The van der Waals surface area contributed by atoms with Gasteiger partial charge in [-0.1, -0.05) is 41.9 Å².